The number of primary amides is 1. The van der Waals surface area contributed by atoms with E-state index in [1.165, 1.54) is 11.8 Å². The van der Waals surface area contributed by atoms with Crippen LogP contribution in [0, 0.1) is 0 Å². The van der Waals surface area contributed by atoms with E-state index in [1.807, 2.05) is 12.1 Å². The number of nitrogens with one attached hydrogen (secondary N) is 1. The maximum Gasteiger partial charge on any atom is 0.241 e. The highest BCUT2D eigenvalue weighted by atomic mass is 16.1. The molecule has 0 radical (unpaired) electrons. The van der Waals surface area contributed by atoms with Gasteiger partial charge in [-0.15, -0.1) is 0 Å². The number of amides is 1. The molecule has 1 amide bonds. The van der Waals surface area contributed by atoms with E-state index in [4.69, 9.17) is 5.73 Å². The summed E-state index contributed by atoms with van der Waals surface area (Å²) in [7, 11) is 0. The molecule has 17 heavy (non-hydrogen) atoms. The molecule has 1 aromatic carbocycles. The van der Waals surface area contributed by atoms with Gasteiger partial charge in [-0.05, 0) is 23.8 Å². The second kappa shape index (κ2) is 5.50. The van der Waals surface area contributed by atoms with Crippen molar-refractivity contribution in [3.8, 4) is 0 Å². The molecule has 90 valence electrons. The average Bonchev–Trinajstić information content (AvgIpc) is 2.38. The Morgan fingerprint density at radius 1 is 1.24 bits per heavy atom. The van der Waals surface area contributed by atoms with Crippen LogP contribution in [0.4, 0.5) is 5.69 Å². The summed E-state index contributed by atoms with van der Waals surface area (Å²) in [4.78, 5) is 13.0. The zero-order chi connectivity index (χ0) is 12.1. The fourth-order valence-electron chi connectivity index (χ4n) is 1.90. The SMILES string of the molecule is NC(=O)C=Cc1ccc(N2CCNCC2)cc1. The molecule has 1 aliphatic heterocycles. The van der Waals surface area contributed by atoms with Gasteiger partial charge in [-0.2, -0.15) is 0 Å². The molecule has 4 heteroatoms. The highest BCUT2D eigenvalue weighted by Crippen LogP contribution is 2.16. The maximum absolute atomic E-state index is 10.6. The molecule has 1 aromatic rings. The predicted octanol–water partition coefficient (Wildman–Crippen LogP) is 0.595. The normalized spacial score (nSPS) is 16.4. The van der Waals surface area contributed by atoms with Gasteiger partial charge in [0, 0.05) is 37.9 Å². The topological polar surface area (TPSA) is 58.4 Å². The lowest BCUT2D eigenvalue weighted by molar-refractivity contribution is -0.113. The number of hydrogen-bond donors (Lipinski definition) is 2. The number of nitrogens with two attached hydrogens (primary N) is 1. The van der Waals surface area contributed by atoms with Gasteiger partial charge in [0.15, 0.2) is 0 Å². The molecule has 0 atom stereocenters. The number of hydrogen-bond acceptors (Lipinski definition) is 3. The molecule has 3 N–H and O–H groups in total. The molecule has 1 fully saturated rings. The number of carbonyl (C=O) groups excluding carboxylic acids is 1. The van der Waals surface area contributed by atoms with Crippen molar-refractivity contribution in [2.45, 2.75) is 0 Å². The highest BCUT2D eigenvalue weighted by Gasteiger charge is 2.09. The number of nitrogens with zero attached hydrogens (tertiary/aromatic N) is 1. The number of piperazine rings is 1. The van der Waals surface area contributed by atoms with Gasteiger partial charge in [0.25, 0.3) is 0 Å². The van der Waals surface area contributed by atoms with E-state index in [0.29, 0.717) is 0 Å². The minimum atomic E-state index is -0.420. The smallest absolute Gasteiger partial charge is 0.241 e. The molecular formula is C13H17N3O. The van der Waals surface area contributed by atoms with E-state index >= 15 is 0 Å². The monoisotopic (exact) mass is 231 g/mol. The summed E-state index contributed by atoms with van der Waals surface area (Å²) in [5.41, 5.74) is 7.26. The van der Waals surface area contributed by atoms with Crippen LogP contribution in [0.25, 0.3) is 6.08 Å². The van der Waals surface area contributed by atoms with Gasteiger partial charge < -0.3 is 16.0 Å². The second-order valence-electron chi connectivity index (χ2n) is 4.06. The number of benzene rings is 1. The van der Waals surface area contributed by atoms with Crippen molar-refractivity contribution in [1.29, 1.82) is 0 Å². The van der Waals surface area contributed by atoms with Gasteiger partial charge >= 0.3 is 0 Å². The van der Waals surface area contributed by atoms with Gasteiger partial charge in [0.05, 0.1) is 0 Å². The molecule has 4 nitrogen and oxygen atoms in total. The van der Waals surface area contributed by atoms with Crippen LogP contribution in [0.2, 0.25) is 0 Å². The van der Waals surface area contributed by atoms with Crippen LogP contribution in [0.1, 0.15) is 5.56 Å². The third kappa shape index (κ3) is 3.32. The third-order valence-corrected chi connectivity index (χ3v) is 2.82. The van der Waals surface area contributed by atoms with Crippen molar-refractivity contribution < 1.29 is 4.79 Å². The van der Waals surface area contributed by atoms with Crippen molar-refractivity contribution in [3.63, 3.8) is 0 Å². The van der Waals surface area contributed by atoms with Gasteiger partial charge in [-0.1, -0.05) is 12.1 Å². The second-order valence-corrected chi connectivity index (χ2v) is 4.06. The van der Waals surface area contributed by atoms with Crippen molar-refractivity contribution >= 4 is 17.7 Å². The van der Waals surface area contributed by atoms with E-state index < -0.39 is 5.91 Å². The molecule has 1 aliphatic rings. The quantitative estimate of drug-likeness (QED) is 0.749. The first-order valence-corrected chi connectivity index (χ1v) is 5.79. The average molecular weight is 231 g/mol. The Morgan fingerprint density at radius 2 is 1.88 bits per heavy atom. The molecule has 2 rings (SSSR count). The number of carbonyl (C=O) groups is 1. The molecule has 1 saturated heterocycles. The summed E-state index contributed by atoms with van der Waals surface area (Å²) < 4.78 is 0. The predicted molar refractivity (Wildman–Crippen MR) is 69.8 cm³/mol. The minimum Gasteiger partial charge on any atom is -0.369 e. The molecule has 0 aliphatic carbocycles. The standard InChI is InChI=1S/C13H17N3O/c14-13(17)6-3-11-1-4-12(5-2-11)16-9-7-15-8-10-16/h1-6,15H,7-10H2,(H2,14,17). The Kier molecular flexibility index (Phi) is 3.77. The van der Waals surface area contributed by atoms with Crippen molar-refractivity contribution in [3.05, 3.63) is 35.9 Å². The Bertz CT molecular complexity index is 405. The zero-order valence-electron chi connectivity index (χ0n) is 9.73. The van der Waals surface area contributed by atoms with Gasteiger partial charge in [0.2, 0.25) is 5.91 Å². The van der Waals surface area contributed by atoms with E-state index in [2.05, 4.69) is 22.3 Å². The molecule has 0 aromatic heterocycles. The summed E-state index contributed by atoms with van der Waals surface area (Å²) in [6.45, 7) is 4.14. The Balaban J connectivity index is 2.04. The lowest BCUT2D eigenvalue weighted by Crippen LogP contribution is -2.43. The Labute approximate surface area is 101 Å². The minimum absolute atomic E-state index is 0.420. The molecule has 0 bridgehead atoms. The summed E-state index contributed by atoms with van der Waals surface area (Å²) >= 11 is 0. The fourth-order valence-corrected chi connectivity index (χ4v) is 1.90. The van der Waals surface area contributed by atoms with Crippen LogP contribution in [-0.4, -0.2) is 32.1 Å². The van der Waals surface area contributed by atoms with Crippen LogP contribution in [-0.2, 0) is 4.79 Å². The molecule has 0 spiro atoms. The van der Waals surface area contributed by atoms with Gasteiger partial charge in [-0.25, -0.2) is 0 Å². The maximum atomic E-state index is 10.6. The van der Waals surface area contributed by atoms with Gasteiger partial charge in [0.1, 0.15) is 0 Å². The van der Waals surface area contributed by atoms with E-state index in [9.17, 15) is 4.79 Å². The fraction of sp³-hybridized carbons (Fsp3) is 0.308. The molecule has 0 saturated carbocycles. The number of rotatable bonds is 3. The van der Waals surface area contributed by atoms with Crippen LogP contribution in [0.15, 0.2) is 30.3 Å². The first kappa shape index (κ1) is 11.7. The van der Waals surface area contributed by atoms with Crippen LogP contribution in [0.3, 0.4) is 0 Å². The first-order chi connectivity index (χ1) is 8.25. The molecule has 1 heterocycles. The lowest BCUT2D eigenvalue weighted by Gasteiger charge is -2.29. The van der Waals surface area contributed by atoms with E-state index in [-0.39, 0.29) is 0 Å². The van der Waals surface area contributed by atoms with Crippen LogP contribution >= 0.6 is 0 Å². The van der Waals surface area contributed by atoms with E-state index in [0.717, 1.165) is 31.7 Å². The third-order valence-electron chi connectivity index (χ3n) is 2.82. The molecule has 0 unspecified atom stereocenters. The van der Waals surface area contributed by atoms with E-state index in [1.54, 1.807) is 6.08 Å². The Morgan fingerprint density at radius 3 is 2.47 bits per heavy atom. The van der Waals surface area contributed by atoms with Crippen LogP contribution < -0.4 is 16.0 Å². The van der Waals surface area contributed by atoms with Crippen molar-refractivity contribution in [2.75, 3.05) is 31.1 Å². The lowest BCUT2D eigenvalue weighted by atomic mass is 10.1. The summed E-state index contributed by atoms with van der Waals surface area (Å²) in [5, 5.41) is 3.32. The van der Waals surface area contributed by atoms with Crippen molar-refractivity contribution in [1.82, 2.24) is 5.32 Å². The first-order valence-electron chi connectivity index (χ1n) is 5.79. The largest absolute Gasteiger partial charge is 0.369 e. The summed E-state index contributed by atoms with van der Waals surface area (Å²) in [6, 6.07) is 8.14. The van der Waals surface area contributed by atoms with Gasteiger partial charge in [-0.3, -0.25) is 4.79 Å². The van der Waals surface area contributed by atoms with Crippen molar-refractivity contribution in [2.24, 2.45) is 5.73 Å². The Hall–Kier alpha value is -1.81. The number of anilines is 1. The van der Waals surface area contributed by atoms with Crippen LogP contribution in [0.5, 0.6) is 0 Å². The zero-order valence-corrected chi connectivity index (χ0v) is 9.73. The summed E-state index contributed by atoms with van der Waals surface area (Å²) in [6.07, 6.45) is 3.10. The highest BCUT2D eigenvalue weighted by molar-refractivity contribution is 5.90. The molecular weight excluding hydrogens is 214 g/mol. The summed E-state index contributed by atoms with van der Waals surface area (Å²) in [5.74, 6) is -0.420.